The van der Waals surface area contributed by atoms with Gasteiger partial charge in [-0.05, 0) is 17.0 Å². The summed E-state index contributed by atoms with van der Waals surface area (Å²) in [7, 11) is 1.86. The summed E-state index contributed by atoms with van der Waals surface area (Å²) in [6, 6.07) is 2.60. The summed E-state index contributed by atoms with van der Waals surface area (Å²) in [5.74, 6) is -0.778. The monoisotopic (exact) mass is 182 g/mol. The van der Waals surface area contributed by atoms with E-state index in [2.05, 4.69) is 0 Å². The average Bonchev–Trinajstić information content (AvgIpc) is 2.03. The molecule has 0 bridgehead atoms. The van der Waals surface area contributed by atoms with Gasteiger partial charge in [0.2, 0.25) is 0 Å². The van der Waals surface area contributed by atoms with Gasteiger partial charge < -0.3 is 0 Å². The quantitative estimate of drug-likeness (QED) is 0.615. The van der Waals surface area contributed by atoms with Gasteiger partial charge in [-0.15, -0.1) is 0 Å². The number of hydrogen-bond acceptors (Lipinski definition) is 0. The van der Waals surface area contributed by atoms with Crippen molar-refractivity contribution in [3.05, 3.63) is 34.9 Å². The van der Waals surface area contributed by atoms with Crippen LogP contribution in [0.15, 0.2) is 12.1 Å². The highest BCUT2D eigenvalue weighted by Crippen LogP contribution is 2.21. The van der Waals surface area contributed by atoms with Gasteiger partial charge >= 0.3 is 0 Å². The fourth-order valence-electron chi connectivity index (χ4n) is 1.33. The summed E-state index contributed by atoms with van der Waals surface area (Å²) in [4.78, 5) is 0. The first-order valence-corrected chi connectivity index (χ1v) is 4.54. The van der Waals surface area contributed by atoms with E-state index in [-0.39, 0.29) is 5.92 Å². The van der Waals surface area contributed by atoms with Crippen LogP contribution >= 0.6 is 0 Å². The van der Waals surface area contributed by atoms with Crippen LogP contribution in [0.1, 0.15) is 30.9 Å². The second-order valence-corrected chi connectivity index (χ2v) is 3.47. The molecule has 0 nitrogen and oxygen atoms in total. The number of benzene rings is 1. The predicted molar refractivity (Wildman–Crippen MR) is 52.7 cm³/mol. The van der Waals surface area contributed by atoms with Crippen LogP contribution in [0.3, 0.4) is 0 Å². The lowest BCUT2D eigenvalue weighted by molar-refractivity contribution is 0.559. The Morgan fingerprint density at radius 2 is 1.85 bits per heavy atom. The molecule has 0 aliphatic rings. The van der Waals surface area contributed by atoms with Crippen molar-refractivity contribution < 1.29 is 8.78 Å². The Balaban J connectivity index is 3.22. The van der Waals surface area contributed by atoms with Gasteiger partial charge in [0, 0.05) is 6.07 Å². The van der Waals surface area contributed by atoms with Crippen molar-refractivity contribution >= 4 is 7.85 Å². The number of hydrogen-bond donors (Lipinski definition) is 0. The number of rotatable bonds is 2. The van der Waals surface area contributed by atoms with Crippen LogP contribution in [0.25, 0.3) is 0 Å². The van der Waals surface area contributed by atoms with Gasteiger partial charge in [-0.2, -0.15) is 0 Å². The molecule has 13 heavy (non-hydrogen) atoms. The summed E-state index contributed by atoms with van der Waals surface area (Å²) >= 11 is 0. The molecule has 0 aromatic heterocycles. The van der Waals surface area contributed by atoms with E-state index in [0.29, 0.717) is 17.4 Å². The van der Waals surface area contributed by atoms with Crippen LogP contribution in [-0.2, 0) is 6.32 Å². The highest BCUT2D eigenvalue weighted by atomic mass is 19.1. The van der Waals surface area contributed by atoms with Gasteiger partial charge in [-0.3, -0.25) is 0 Å². The molecule has 0 spiro atoms. The Kier molecular flexibility index (Phi) is 3.07. The lowest BCUT2D eigenvalue weighted by Gasteiger charge is -2.09. The van der Waals surface area contributed by atoms with Gasteiger partial charge in [-0.1, -0.05) is 26.2 Å². The maximum absolute atomic E-state index is 13.2. The standard InChI is InChI=1S/C10H13BF2/c1-6(2)8-3-7(5-11)9(12)4-10(8)13/h3-4,6H,5,11H2,1-2H3. The predicted octanol–water partition coefficient (Wildman–Crippen LogP) is 2.22. The van der Waals surface area contributed by atoms with Crippen molar-refractivity contribution in [3.63, 3.8) is 0 Å². The van der Waals surface area contributed by atoms with E-state index in [1.807, 2.05) is 21.7 Å². The third kappa shape index (κ3) is 2.08. The second kappa shape index (κ2) is 3.90. The molecule has 0 radical (unpaired) electrons. The molecule has 1 aromatic rings. The molecule has 1 rings (SSSR count). The van der Waals surface area contributed by atoms with Crippen LogP contribution < -0.4 is 0 Å². The molecule has 0 amide bonds. The number of halogens is 2. The van der Waals surface area contributed by atoms with E-state index in [1.54, 1.807) is 6.07 Å². The molecular weight excluding hydrogens is 169 g/mol. The molecule has 0 fully saturated rings. The van der Waals surface area contributed by atoms with Crippen LogP contribution in [0.5, 0.6) is 0 Å². The van der Waals surface area contributed by atoms with Crippen LogP contribution in [0, 0.1) is 11.6 Å². The van der Waals surface area contributed by atoms with Gasteiger partial charge in [0.1, 0.15) is 19.5 Å². The van der Waals surface area contributed by atoms with Gasteiger partial charge in [0.25, 0.3) is 0 Å². The van der Waals surface area contributed by atoms with Gasteiger partial charge in [0.05, 0.1) is 0 Å². The maximum Gasteiger partial charge on any atom is 0.129 e. The van der Waals surface area contributed by atoms with E-state index >= 15 is 0 Å². The minimum Gasteiger partial charge on any atom is -0.207 e. The zero-order chi connectivity index (χ0) is 10.0. The normalized spacial score (nSPS) is 10.8. The minimum absolute atomic E-state index is 0.103. The molecular formula is C10H13BF2. The molecule has 0 saturated heterocycles. The van der Waals surface area contributed by atoms with Crippen molar-refractivity contribution in [1.29, 1.82) is 0 Å². The molecule has 0 saturated carbocycles. The SMILES string of the molecule is BCc1cc(C(C)C)c(F)cc1F. The van der Waals surface area contributed by atoms with E-state index in [9.17, 15) is 8.78 Å². The Morgan fingerprint density at radius 1 is 1.23 bits per heavy atom. The molecule has 3 heteroatoms. The third-order valence-corrected chi connectivity index (χ3v) is 2.17. The Bertz CT molecular complexity index is 308. The second-order valence-electron chi connectivity index (χ2n) is 3.47. The lowest BCUT2D eigenvalue weighted by Crippen LogP contribution is -1.99. The molecule has 0 unspecified atom stereocenters. The average molecular weight is 182 g/mol. The minimum atomic E-state index is -0.440. The smallest absolute Gasteiger partial charge is 0.129 e. The molecule has 1 aromatic carbocycles. The van der Waals surface area contributed by atoms with Gasteiger partial charge in [0.15, 0.2) is 0 Å². The third-order valence-electron chi connectivity index (χ3n) is 2.17. The fraction of sp³-hybridized carbons (Fsp3) is 0.400. The summed E-state index contributed by atoms with van der Waals surface area (Å²) in [6.07, 6.45) is 0.603. The van der Waals surface area contributed by atoms with Crippen LogP contribution in [0.4, 0.5) is 8.78 Å². The Hall–Kier alpha value is -0.855. The van der Waals surface area contributed by atoms with E-state index in [0.717, 1.165) is 6.07 Å². The molecule has 70 valence electrons. The van der Waals surface area contributed by atoms with E-state index in [4.69, 9.17) is 0 Å². The molecule has 0 atom stereocenters. The van der Waals surface area contributed by atoms with E-state index < -0.39 is 11.6 Å². The Labute approximate surface area is 78.4 Å². The summed E-state index contributed by atoms with van der Waals surface area (Å²) in [5.41, 5.74) is 1.18. The summed E-state index contributed by atoms with van der Waals surface area (Å²) < 4.78 is 26.2. The fourth-order valence-corrected chi connectivity index (χ4v) is 1.33. The summed E-state index contributed by atoms with van der Waals surface area (Å²) in [6.45, 7) is 3.80. The topological polar surface area (TPSA) is 0 Å². The zero-order valence-corrected chi connectivity index (χ0v) is 8.20. The van der Waals surface area contributed by atoms with Crippen molar-refractivity contribution in [2.24, 2.45) is 0 Å². The first-order chi connectivity index (χ1) is 6.06. The van der Waals surface area contributed by atoms with Crippen molar-refractivity contribution in [1.82, 2.24) is 0 Å². The molecule has 0 N–H and O–H groups in total. The largest absolute Gasteiger partial charge is 0.207 e. The van der Waals surface area contributed by atoms with Crippen LogP contribution in [0.2, 0.25) is 0 Å². The van der Waals surface area contributed by atoms with Crippen molar-refractivity contribution in [2.75, 3.05) is 0 Å². The van der Waals surface area contributed by atoms with E-state index in [1.165, 1.54) is 0 Å². The maximum atomic E-state index is 13.2. The summed E-state index contributed by atoms with van der Waals surface area (Å²) in [5, 5.41) is 0. The van der Waals surface area contributed by atoms with Crippen molar-refractivity contribution in [2.45, 2.75) is 26.1 Å². The van der Waals surface area contributed by atoms with Crippen LogP contribution in [-0.4, -0.2) is 7.85 Å². The molecule has 0 aliphatic carbocycles. The highest BCUT2D eigenvalue weighted by molar-refractivity contribution is 6.08. The van der Waals surface area contributed by atoms with Crippen molar-refractivity contribution in [3.8, 4) is 0 Å². The Morgan fingerprint density at radius 3 is 2.31 bits per heavy atom. The first kappa shape index (κ1) is 10.2. The highest BCUT2D eigenvalue weighted by Gasteiger charge is 2.10. The first-order valence-electron chi connectivity index (χ1n) is 4.54. The van der Waals surface area contributed by atoms with Gasteiger partial charge in [-0.25, -0.2) is 8.78 Å². The molecule has 0 heterocycles. The molecule has 0 aliphatic heterocycles. The zero-order valence-electron chi connectivity index (χ0n) is 8.20. The lowest BCUT2D eigenvalue weighted by atomic mass is 9.92.